The van der Waals surface area contributed by atoms with Gasteiger partial charge in [-0.15, -0.1) is 0 Å². The lowest BCUT2D eigenvalue weighted by atomic mass is 10.1. The molecule has 0 saturated heterocycles. The van der Waals surface area contributed by atoms with Crippen LogP contribution in [0.3, 0.4) is 0 Å². The van der Waals surface area contributed by atoms with E-state index in [0.717, 1.165) is 13.8 Å². The molecular weight excluding hydrogens is 304 g/mol. The van der Waals surface area contributed by atoms with Crippen molar-refractivity contribution in [1.82, 2.24) is 0 Å². The molecule has 0 aromatic heterocycles. The molecule has 10 heteroatoms. The van der Waals surface area contributed by atoms with Crippen LogP contribution in [-0.4, -0.2) is 53.2 Å². The Bertz CT molecular complexity index is 496. The quantitative estimate of drug-likeness (QED) is 0.272. The van der Waals surface area contributed by atoms with Gasteiger partial charge in [-0.2, -0.15) is 4.89 Å². The van der Waals surface area contributed by atoms with Gasteiger partial charge in [-0.3, -0.25) is 9.68 Å². The average molecular weight is 320 g/mol. The summed E-state index contributed by atoms with van der Waals surface area (Å²) in [6, 6.07) is 0. The number of carbonyl (C=O) groups excluding carboxylic acids is 3. The van der Waals surface area contributed by atoms with Gasteiger partial charge in [0, 0.05) is 13.8 Å². The van der Waals surface area contributed by atoms with E-state index in [4.69, 9.17) is 9.47 Å². The molecule has 0 fully saturated rings. The van der Waals surface area contributed by atoms with Crippen molar-refractivity contribution in [3.63, 3.8) is 0 Å². The molecular formula is C12H16O10. The topological polar surface area (TPSA) is 138 Å². The summed E-state index contributed by atoms with van der Waals surface area (Å²) >= 11 is 0. The molecule has 0 unspecified atom stereocenters. The molecule has 0 spiro atoms. The maximum atomic E-state index is 11.4. The van der Waals surface area contributed by atoms with Crippen LogP contribution < -0.4 is 0 Å². The van der Waals surface area contributed by atoms with Crippen molar-refractivity contribution in [1.29, 1.82) is 0 Å². The first-order valence-corrected chi connectivity index (χ1v) is 6.20. The Kier molecular flexibility index (Phi) is 5.71. The van der Waals surface area contributed by atoms with Gasteiger partial charge < -0.3 is 24.4 Å². The smallest absolute Gasteiger partial charge is 0.378 e. The minimum absolute atomic E-state index is 0.0352. The highest BCUT2D eigenvalue weighted by atomic mass is 17.2. The third kappa shape index (κ3) is 4.09. The van der Waals surface area contributed by atoms with Crippen LogP contribution in [0.4, 0.5) is 0 Å². The Morgan fingerprint density at radius 3 is 2.45 bits per heavy atom. The fourth-order valence-corrected chi connectivity index (χ4v) is 1.64. The molecule has 1 rings (SSSR count). The average Bonchev–Trinajstić information content (AvgIpc) is 2.67. The SMILES string of the molecule is CCOC1=C(O)C(=O)O[C@@H]1[C@@](O)(COOC(C)=O)OC(C)=O. The maximum absolute atomic E-state index is 11.4. The van der Waals surface area contributed by atoms with Crippen molar-refractivity contribution in [3.8, 4) is 0 Å². The first kappa shape index (κ1) is 17.7. The van der Waals surface area contributed by atoms with Crippen LogP contribution in [0.1, 0.15) is 20.8 Å². The van der Waals surface area contributed by atoms with Crippen LogP contribution in [0.15, 0.2) is 11.5 Å². The molecule has 10 nitrogen and oxygen atoms in total. The number of esters is 2. The lowest BCUT2D eigenvalue weighted by Gasteiger charge is -2.31. The van der Waals surface area contributed by atoms with E-state index < -0.39 is 47.9 Å². The molecule has 1 heterocycles. The zero-order valence-electron chi connectivity index (χ0n) is 12.2. The van der Waals surface area contributed by atoms with E-state index in [0.29, 0.717) is 0 Å². The van der Waals surface area contributed by atoms with Gasteiger partial charge in [0.1, 0.15) is 0 Å². The number of aliphatic hydroxyl groups is 2. The highest BCUT2D eigenvalue weighted by Gasteiger charge is 2.53. The van der Waals surface area contributed by atoms with Gasteiger partial charge >= 0.3 is 17.9 Å². The predicted octanol–water partition coefficient (Wildman–Crippen LogP) is -0.536. The lowest BCUT2D eigenvalue weighted by molar-refractivity contribution is -0.337. The Morgan fingerprint density at radius 1 is 1.32 bits per heavy atom. The molecule has 2 N–H and O–H groups in total. The number of rotatable bonds is 7. The van der Waals surface area contributed by atoms with Crippen LogP contribution in [0.2, 0.25) is 0 Å². The fraction of sp³-hybridized carbons (Fsp3) is 0.583. The van der Waals surface area contributed by atoms with Crippen LogP contribution >= 0.6 is 0 Å². The number of aliphatic hydroxyl groups excluding tert-OH is 1. The Labute approximate surface area is 125 Å². The van der Waals surface area contributed by atoms with Crippen molar-refractivity contribution in [2.45, 2.75) is 32.7 Å². The summed E-state index contributed by atoms with van der Waals surface area (Å²) in [4.78, 5) is 41.8. The molecule has 0 saturated carbocycles. The zero-order valence-corrected chi connectivity index (χ0v) is 12.2. The van der Waals surface area contributed by atoms with Gasteiger partial charge in [0.05, 0.1) is 6.61 Å². The second-order valence-corrected chi connectivity index (χ2v) is 4.21. The van der Waals surface area contributed by atoms with E-state index in [1.807, 2.05) is 0 Å². The Balaban J connectivity index is 3.02. The number of hydrogen-bond donors (Lipinski definition) is 2. The monoisotopic (exact) mass is 320 g/mol. The maximum Gasteiger partial charge on any atom is 0.378 e. The molecule has 0 bridgehead atoms. The molecule has 0 aliphatic carbocycles. The van der Waals surface area contributed by atoms with E-state index >= 15 is 0 Å². The van der Waals surface area contributed by atoms with Crippen LogP contribution in [0.5, 0.6) is 0 Å². The van der Waals surface area contributed by atoms with E-state index in [1.54, 1.807) is 6.92 Å². The number of carbonyl (C=O) groups is 3. The van der Waals surface area contributed by atoms with E-state index in [2.05, 4.69) is 14.5 Å². The largest absolute Gasteiger partial charge is 0.499 e. The summed E-state index contributed by atoms with van der Waals surface area (Å²) in [6.07, 6.45) is -1.68. The highest BCUT2D eigenvalue weighted by Crippen LogP contribution is 2.32. The molecule has 0 aromatic carbocycles. The molecule has 1 aliphatic rings. The molecule has 0 aromatic rings. The Morgan fingerprint density at radius 2 is 1.95 bits per heavy atom. The third-order valence-corrected chi connectivity index (χ3v) is 2.36. The Hall–Kier alpha value is -2.33. The summed E-state index contributed by atoms with van der Waals surface area (Å²) in [6.45, 7) is 2.73. The molecule has 22 heavy (non-hydrogen) atoms. The molecule has 124 valence electrons. The van der Waals surface area contributed by atoms with E-state index in [-0.39, 0.29) is 6.61 Å². The summed E-state index contributed by atoms with van der Waals surface area (Å²) in [5.41, 5.74) is 0. The minimum atomic E-state index is -2.56. The van der Waals surface area contributed by atoms with E-state index in [9.17, 15) is 24.6 Å². The first-order valence-electron chi connectivity index (χ1n) is 6.20. The van der Waals surface area contributed by atoms with Crippen molar-refractivity contribution in [2.24, 2.45) is 0 Å². The standard InChI is InChI=1S/C12H16O10/c1-4-18-9-8(15)11(16)20-10(9)12(17,21-6(2)13)5-19-22-7(3)14/h10,15,17H,4-5H2,1-3H3/t10-,12+/m0/s1. The number of cyclic esters (lactones) is 1. The van der Waals surface area contributed by atoms with Gasteiger partial charge in [0.2, 0.25) is 11.9 Å². The number of ether oxygens (including phenoxy) is 3. The first-order chi connectivity index (χ1) is 10.2. The normalized spacial score (nSPS) is 20.2. The number of hydrogen-bond acceptors (Lipinski definition) is 10. The van der Waals surface area contributed by atoms with Gasteiger partial charge in [0.15, 0.2) is 12.4 Å². The van der Waals surface area contributed by atoms with Gasteiger partial charge in [-0.25, -0.2) is 9.59 Å². The van der Waals surface area contributed by atoms with Crippen molar-refractivity contribution in [3.05, 3.63) is 11.5 Å². The minimum Gasteiger partial charge on any atom is -0.499 e. The third-order valence-electron chi connectivity index (χ3n) is 2.36. The summed E-state index contributed by atoms with van der Waals surface area (Å²) in [7, 11) is 0. The summed E-state index contributed by atoms with van der Waals surface area (Å²) in [5.74, 6) is -6.80. The second kappa shape index (κ2) is 7.09. The van der Waals surface area contributed by atoms with Crippen molar-refractivity contribution in [2.75, 3.05) is 13.2 Å². The predicted molar refractivity (Wildman–Crippen MR) is 65.6 cm³/mol. The molecule has 2 atom stereocenters. The zero-order chi connectivity index (χ0) is 16.9. The lowest BCUT2D eigenvalue weighted by Crippen LogP contribution is -2.51. The van der Waals surface area contributed by atoms with Crippen molar-refractivity contribution < 1.29 is 48.6 Å². The highest BCUT2D eigenvalue weighted by molar-refractivity contribution is 5.89. The van der Waals surface area contributed by atoms with Gasteiger partial charge in [0.25, 0.3) is 5.79 Å². The van der Waals surface area contributed by atoms with Gasteiger partial charge in [-0.1, -0.05) is 0 Å². The molecule has 1 aliphatic heterocycles. The van der Waals surface area contributed by atoms with Crippen LogP contribution in [0.25, 0.3) is 0 Å². The fourth-order valence-electron chi connectivity index (χ4n) is 1.64. The summed E-state index contributed by atoms with van der Waals surface area (Å²) < 4.78 is 14.4. The summed E-state index contributed by atoms with van der Waals surface area (Å²) in [5, 5.41) is 19.9. The van der Waals surface area contributed by atoms with Crippen LogP contribution in [0, 0.1) is 0 Å². The van der Waals surface area contributed by atoms with E-state index in [1.165, 1.54) is 0 Å². The molecule has 0 amide bonds. The van der Waals surface area contributed by atoms with Crippen LogP contribution in [-0.2, 0) is 38.4 Å². The molecule has 0 radical (unpaired) electrons. The second-order valence-electron chi connectivity index (χ2n) is 4.21. The van der Waals surface area contributed by atoms with Crippen molar-refractivity contribution >= 4 is 17.9 Å². The van der Waals surface area contributed by atoms with Gasteiger partial charge in [-0.05, 0) is 6.92 Å².